The Bertz CT molecular complexity index is 682. The van der Waals surface area contributed by atoms with Gasteiger partial charge in [0.25, 0.3) is 0 Å². The molecule has 0 aliphatic rings. The van der Waals surface area contributed by atoms with Crippen LogP contribution < -0.4 is 10.1 Å². The molecule has 0 amide bonds. The van der Waals surface area contributed by atoms with Gasteiger partial charge in [-0.1, -0.05) is 6.07 Å². The molecule has 1 N–H and O–H groups in total. The number of hydrogen-bond acceptors (Lipinski definition) is 6. The van der Waals surface area contributed by atoms with Crippen LogP contribution in [0.1, 0.15) is 6.92 Å². The molecule has 0 aliphatic carbocycles. The van der Waals surface area contributed by atoms with Crippen LogP contribution in [0.15, 0.2) is 24.5 Å². The molecule has 7 nitrogen and oxygen atoms in total. The molecule has 1 aromatic carbocycles. The van der Waals surface area contributed by atoms with Gasteiger partial charge in [-0.25, -0.2) is 9.37 Å². The van der Waals surface area contributed by atoms with E-state index in [-0.39, 0.29) is 5.82 Å². The average Bonchev–Trinajstić information content (AvgIpc) is 2.44. The number of nitrogens with one attached hydrogen (secondary N) is 1. The van der Waals surface area contributed by atoms with Gasteiger partial charge in [0.1, 0.15) is 6.33 Å². The Morgan fingerprint density at radius 2 is 2.14 bits per heavy atom. The molecule has 2 aromatic rings. The van der Waals surface area contributed by atoms with Crippen LogP contribution in [0.25, 0.3) is 0 Å². The Labute approximate surface area is 117 Å². The summed E-state index contributed by atoms with van der Waals surface area (Å²) in [6.45, 7) is 2.10. The van der Waals surface area contributed by atoms with Crippen molar-refractivity contribution in [2.45, 2.75) is 6.92 Å². The first kappa shape index (κ1) is 14.6. The van der Waals surface area contributed by atoms with Gasteiger partial charge in [-0.05, 0) is 19.1 Å². The molecule has 0 saturated heterocycles. The maximum atomic E-state index is 13.5. The molecule has 110 valence electrons. The molecular weight excluding hydrogens is 286 g/mol. The normalized spacial score (nSPS) is 10.2. The maximum Gasteiger partial charge on any atom is 0.373 e. The summed E-state index contributed by atoms with van der Waals surface area (Å²) in [5.74, 6) is -3.43. The number of rotatable bonds is 5. The summed E-state index contributed by atoms with van der Waals surface area (Å²) in [6.07, 6.45) is 1.03. The highest BCUT2D eigenvalue weighted by atomic mass is 19.2. The van der Waals surface area contributed by atoms with Crippen LogP contribution in [0.4, 0.5) is 20.3 Å². The first-order chi connectivity index (χ1) is 10.0. The monoisotopic (exact) mass is 296 g/mol. The Balaban J connectivity index is 2.46. The minimum Gasteiger partial charge on any atom is -0.430 e. The van der Waals surface area contributed by atoms with Gasteiger partial charge in [-0.3, -0.25) is 10.1 Å². The number of anilines is 1. The predicted octanol–water partition coefficient (Wildman–Crippen LogP) is 2.89. The molecule has 0 spiro atoms. The molecule has 0 aliphatic heterocycles. The van der Waals surface area contributed by atoms with Crippen molar-refractivity contribution in [2.24, 2.45) is 0 Å². The SMILES string of the molecule is CCNc1ncnc(Oc2cccc(F)c2F)c1[N+](=O)[O-]. The Kier molecular flexibility index (Phi) is 4.21. The zero-order valence-electron chi connectivity index (χ0n) is 10.8. The Morgan fingerprint density at radius 3 is 2.81 bits per heavy atom. The summed E-state index contributed by atoms with van der Waals surface area (Å²) in [6, 6.07) is 3.25. The van der Waals surface area contributed by atoms with Gasteiger partial charge in [0.2, 0.25) is 11.6 Å². The molecule has 0 fully saturated rings. The van der Waals surface area contributed by atoms with E-state index >= 15 is 0 Å². The van der Waals surface area contributed by atoms with Crippen LogP contribution in [0.3, 0.4) is 0 Å². The first-order valence-electron chi connectivity index (χ1n) is 5.89. The fourth-order valence-corrected chi connectivity index (χ4v) is 1.57. The van der Waals surface area contributed by atoms with E-state index in [0.717, 1.165) is 18.5 Å². The summed E-state index contributed by atoms with van der Waals surface area (Å²) < 4.78 is 31.7. The van der Waals surface area contributed by atoms with Crippen molar-refractivity contribution in [2.75, 3.05) is 11.9 Å². The fraction of sp³-hybridized carbons (Fsp3) is 0.167. The largest absolute Gasteiger partial charge is 0.430 e. The van der Waals surface area contributed by atoms with E-state index in [1.807, 2.05) is 0 Å². The number of aromatic nitrogens is 2. The fourth-order valence-electron chi connectivity index (χ4n) is 1.57. The summed E-state index contributed by atoms with van der Waals surface area (Å²) in [7, 11) is 0. The second-order valence-electron chi connectivity index (χ2n) is 3.82. The van der Waals surface area contributed by atoms with Crippen molar-refractivity contribution in [1.82, 2.24) is 9.97 Å². The summed E-state index contributed by atoms with van der Waals surface area (Å²) in [5, 5.41) is 13.8. The lowest BCUT2D eigenvalue weighted by Crippen LogP contribution is -2.06. The highest BCUT2D eigenvalue weighted by Gasteiger charge is 2.25. The molecule has 1 heterocycles. The highest BCUT2D eigenvalue weighted by molar-refractivity contribution is 5.61. The Hall–Kier alpha value is -2.84. The molecular formula is C12H10F2N4O3. The van der Waals surface area contributed by atoms with Crippen LogP contribution in [0.5, 0.6) is 11.6 Å². The second-order valence-corrected chi connectivity index (χ2v) is 3.82. The van der Waals surface area contributed by atoms with Crippen LogP contribution in [-0.4, -0.2) is 21.4 Å². The van der Waals surface area contributed by atoms with Crippen molar-refractivity contribution in [3.8, 4) is 11.6 Å². The van der Waals surface area contributed by atoms with Crippen molar-refractivity contribution < 1.29 is 18.4 Å². The number of halogens is 2. The predicted molar refractivity (Wildman–Crippen MR) is 69.3 cm³/mol. The van der Waals surface area contributed by atoms with Gasteiger partial charge >= 0.3 is 11.6 Å². The minimum atomic E-state index is -1.25. The van der Waals surface area contributed by atoms with Gasteiger partial charge in [0, 0.05) is 6.54 Å². The third kappa shape index (κ3) is 3.02. The van der Waals surface area contributed by atoms with E-state index < -0.39 is 33.9 Å². The van der Waals surface area contributed by atoms with E-state index in [1.54, 1.807) is 6.92 Å². The summed E-state index contributed by atoms with van der Waals surface area (Å²) in [4.78, 5) is 17.7. The van der Waals surface area contributed by atoms with Crippen LogP contribution in [-0.2, 0) is 0 Å². The van der Waals surface area contributed by atoms with Gasteiger partial charge < -0.3 is 10.1 Å². The molecule has 0 unspecified atom stereocenters. The molecule has 1 aromatic heterocycles. The lowest BCUT2D eigenvalue weighted by Gasteiger charge is -2.08. The zero-order chi connectivity index (χ0) is 15.4. The van der Waals surface area contributed by atoms with Crippen molar-refractivity contribution in [3.63, 3.8) is 0 Å². The van der Waals surface area contributed by atoms with E-state index in [2.05, 4.69) is 15.3 Å². The quantitative estimate of drug-likeness (QED) is 0.674. The molecule has 9 heteroatoms. The summed E-state index contributed by atoms with van der Waals surface area (Å²) in [5.41, 5.74) is -0.553. The van der Waals surface area contributed by atoms with Gasteiger partial charge in [-0.2, -0.15) is 9.37 Å². The van der Waals surface area contributed by atoms with Crippen LogP contribution >= 0.6 is 0 Å². The minimum absolute atomic E-state index is 0.0655. The number of nitro groups is 1. The van der Waals surface area contributed by atoms with Gasteiger partial charge in [0.15, 0.2) is 11.6 Å². The van der Waals surface area contributed by atoms with Crippen LogP contribution in [0.2, 0.25) is 0 Å². The number of nitrogens with zero attached hydrogens (tertiary/aromatic N) is 3. The standard InChI is InChI=1S/C12H10F2N4O3/c1-2-15-11-10(18(19)20)12(17-6-16-11)21-8-5-3-4-7(13)9(8)14/h3-6H,2H2,1H3,(H,15,16,17). The molecule has 0 bridgehead atoms. The lowest BCUT2D eigenvalue weighted by atomic mass is 10.3. The smallest absolute Gasteiger partial charge is 0.373 e. The van der Waals surface area contributed by atoms with Crippen molar-refractivity contribution in [3.05, 3.63) is 46.3 Å². The topological polar surface area (TPSA) is 90.2 Å². The number of benzene rings is 1. The molecule has 0 saturated carbocycles. The van der Waals surface area contributed by atoms with Gasteiger partial charge in [-0.15, -0.1) is 0 Å². The Morgan fingerprint density at radius 1 is 1.38 bits per heavy atom. The van der Waals surface area contributed by atoms with E-state index in [9.17, 15) is 18.9 Å². The first-order valence-corrected chi connectivity index (χ1v) is 5.89. The van der Waals surface area contributed by atoms with Crippen molar-refractivity contribution in [1.29, 1.82) is 0 Å². The van der Waals surface area contributed by atoms with E-state index in [4.69, 9.17) is 4.74 Å². The molecule has 0 atom stereocenters. The second kappa shape index (κ2) is 6.07. The van der Waals surface area contributed by atoms with E-state index in [1.165, 1.54) is 6.07 Å². The number of ether oxygens (including phenoxy) is 1. The summed E-state index contributed by atoms with van der Waals surface area (Å²) >= 11 is 0. The maximum absolute atomic E-state index is 13.5. The highest BCUT2D eigenvalue weighted by Crippen LogP contribution is 2.34. The van der Waals surface area contributed by atoms with Gasteiger partial charge in [0.05, 0.1) is 4.92 Å². The third-order valence-corrected chi connectivity index (χ3v) is 2.44. The van der Waals surface area contributed by atoms with E-state index in [0.29, 0.717) is 6.54 Å². The lowest BCUT2D eigenvalue weighted by molar-refractivity contribution is -0.385. The number of hydrogen-bond donors (Lipinski definition) is 1. The van der Waals surface area contributed by atoms with Crippen LogP contribution in [0, 0.1) is 21.7 Å². The molecule has 2 rings (SSSR count). The average molecular weight is 296 g/mol. The zero-order valence-corrected chi connectivity index (χ0v) is 10.8. The molecule has 0 radical (unpaired) electrons. The van der Waals surface area contributed by atoms with Crippen molar-refractivity contribution >= 4 is 11.5 Å². The molecule has 21 heavy (non-hydrogen) atoms. The third-order valence-electron chi connectivity index (χ3n) is 2.44.